The molecular formula is C18H17N5O3S. The van der Waals surface area contributed by atoms with Crippen molar-refractivity contribution in [3.8, 4) is 5.69 Å². The van der Waals surface area contributed by atoms with E-state index in [1.807, 2.05) is 35.8 Å². The quantitative estimate of drug-likeness (QED) is 0.397. The molecule has 3 aromatic rings. The Morgan fingerprint density at radius 1 is 1.22 bits per heavy atom. The standard InChI is InChI=1S/C18H17N5O3S/c1-12-7-8-14(23(25)26)9-15(12)20-17(24)10-27-18-21-19-11-22(18)16-6-4-3-5-13(16)2/h3-9,11H,10H2,1-2H3,(H,20,24). The first-order chi connectivity index (χ1) is 13.0. The Balaban J connectivity index is 1.69. The number of para-hydroxylation sites is 1. The van der Waals surface area contributed by atoms with E-state index in [0.717, 1.165) is 16.8 Å². The molecule has 0 saturated heterocycles. The summed E-state index contributed by atoms with van der Waals surface area (Å²) in [6.07, 6.45) is 1.60. The number of nitrogens with one attached hydrogen (secondary N) is 1. The highest BCUT2D eigenvalue weighted by Gasteiger charge is 2.14. The van der Waals surface area contributed by atoms with Crippen LogP contribution in [-0.2, 0) is 4.79 Å². The van der Waals surface area contributed by atoms with Crippen molar-refractivity contribution in [1.29, 1.82) is 0 Å². The summed E-state index contributed by atoms with van der Waals surface area (Å²) < 4.78 is 1.83. The average Bonchev–Trinajstić information content (AvgIpc) is 3.10. The molecule has 0 aliphatic carbocycles. The Labute approximate surface area is 159 Å². The number of carbonyl (C=O) groups is 1. The van der Waals surface area contributed by atoms with E-state index in [1.165, 1.54) is 23.9 Å². The van der Waals surface area contributed by atoms with Crippen LogP contribution < -0.4 is 5.32 Å². The smallest absolute Gasteiger partial charge is 0.271 e. The van der Waals surface area contributed by atoms with Gasteiger partial charge >= 0.3 is 0 Å². The maximum atomic E-state index is 12.3. The molecule has 0 spiro atoms. The van der Waals surface area contributed by atoms with Crippen molar-refractivity contribution < 1.29 is 9.72 Å². The largest absolute Gasteiger partial charge is 0.325 e. The highest BCUT2D eigenvalue weighted by atomic mass is 32.2. The van der Waals surface area contributed by atoms with Crippen LogP contribution in [0.15, 0.2) is 53.9 Å². The van der Waals surface area contributed by atoms with Gasteiger partial charge in [0.1, 0.15) is 6.33 Å². The van der Waals surface area contributed by atoms with Gasteiger partial charge in [-0.25, -0.2) is 0 Å². The van der Waals surface area contributed by atoms with Crippen molar-refractivity contribution in [3.05, 3.63) is 70.0 Å². The summed E-state index contributed by atoms with van der Waals surface area (Å²) in [6.45, 7) is 3.77. The zero-order valence-corrected chi connectivity index (χ0v) is 15.6. The zero-order chi connectivity index (χ0) is 19.4. The minimum atomic E-state index is -0.492. The van der Waals surface area contributed by atoms with Crippen LogP contribution in [0.3, 0.4) is 0 Å². The van der Waals surface area contributed by atoms with Crippen molar-refractivity contribution in [2.45, 2.75) is 19.0 Å². The molecule has 0 bridgehead atoms. The van der Waals surface area contributed by atoms with E-state index < -0.39 is 4.92 Å². The molecule has 2 aromatic carbocycles. The molecule has 27 heavy (non-hydrogen) atoms. The van der Waals surface area contributed by atoms with Gasteiger partial charge in [-0.3, -0.25) is 19.5 Å². The Kier molecular flexibility index (Phi) is 5.51. The van der Waals surface area contributed by atoms with E-state index in [9.17, 15) is 14.9 Å². The third-order valence-corrected chi connectivity index (χ3v) is 4.87. The molecule has 1 amide bonds. The minimum Gasteiger partial charge on any atom is -0.325 e. The van der Waals surface area contributed by atoms with Gasteiger partial charge in [0.2, 0.25) is 5.91 Å². The SMILES string of the molecule is Cc1ccc([N+](=O)[O-])cc1NC(=O)CSc1nncn1-c1ccccc1C. The predicted molar refractivity (Wildman–Crippen MR) is 103 cm³/mol. The molecule has 1 aromatic heterocycles. The van der Waals surface area contributed by atoms with Gasteiger partial charge in [0.15, 0.2) is 5.16 Å². The molecule has 0 unspecified atom stereocenters. The second-order valence-corrected chi connectivity index (χ2v) is 6.81. The number of nitro groups is 1. The topological polar surface area (TPSA) is 103 Å². The first kappa shape index (κ1) is 18.6. The number of amides is 1. The number of benzene rings is 2. The second-order valence-electron chi connectivity index (χ2n) is 5.86. The number of aryl methyl sites for hydroxylation is 2. The molecule has 0 saturated carbocycles. The third-order valence-electron chi connectivity index (χ3n) is 3.93. The summed E-state index contributed by atoms with van der Waals surface area (Å²) in [6, 6.07) is 12.2. The molecule has 3 rings (SSSR count). The van der Waals surface area contributed by atoms with E-state index in [0.29, 0.717) is 10.8 Å². The number of hydrogen-bond acceptors (Lipinski definition) is 6. The fraction of sp³-hybridized carbons (Fsp3) is 0.167. The van der Waals surface area contributed by atoms with Crippen LogP contribution in [0.4, 0.5) is 11.4 Å². The van der Waals surface area contributed by atoms with Gasteiger partial charge in [-0.2, -0.15) is 0 Å². The minimum absolute atomic E-state index is 0.0668. The lowest BCUT2D eigenvalue weighted by atomic mass is 10.2. The lowest BCUT2D eigenvalue weighted by Crippen LogP contribution is -2.15. The van der Waals surface area contributed by atoms with Gasteiger partial charge in [-0.1, -0.05) is 36.0 Å². The van der Waals surface area contributed by atoms with Crippen LogP contribution in [-0.4, -0.2) is 31.3 Å². The molecule has 1 heterocycles. The van der Waals surface area contributed by atoms with Gasteiger partial charge in [0.25, 0.3) is 5.69 Å². The van der Waals surface area contributed by atoms with Crippen LogP contribution in [0.25, 0.3) is 5.69 Å². The molecule has 138 valence electrons. The number of nitrogens with zero attached hydrogens (tertiary/aromatic N) is 4. The molecule has 0 aliphatic heterocycles. The number of nitro benzene ring substituents is 1. The summed E-state index contributed by atoms with van der Waals surface area (Å²) in [4.78, 5) is 22.7. The van der Waals surface area contributed by atoms with Crippen molar-refractivity contribution in [2.24, 2.45) is 0 Å². The van der Waals surface area contributed by atoms with Crippen LogP contribution in [0, 0.1) is 24.0 Å². The van der Waals surface area contributed by atoms with E-state index in [1.54, 1.807) is 19.3 Å². The molecule has 0 radical (unpaired) electrons. The maximum absolute atomic E-state index is 12.3. The molecular weight excluding hydrogens is 366 g/mol. The molecule has 0 fully saturated rings. The van der Waals surface area contributed by atoms with Crippen LogP contribution in [0.5, 0.6) is 0 Å². The summed E-state index contributed by atoms with van der Waals surface area (Å²) in [5, 5.41) is 22.2. The summed E-state index contributed by atoms with van der Waals surface area (Å²) in [7, 11) is 0. The van der Waals surface area contributed by atoms with Crippen molar-refractivity contribution in [1.82, 2.24) is 14.8 Å². The first-order valence-corrected chi connectivity index (χ1v) is 9.08. The molecule has 0 atom stereocenters. The van der Waals surface area contributed by atoms with Crippen LogP contribution >= 0.6 is 11.8 Å². The Bertz CT molecular complexity index is 1000. The van der Waals surface area contributed by atoms with Gasteiger partial charge in [0, 0.05) is 12.1 Å². The van der Waals surface area contributed by atoms with E-state index >= 15 is 0 Å². The highest BCUT2D eigenvalue weighted by Crippen LogP contribution is 2.24. The fourth-order valence-corrected chi connectivity index (χ4v) is 3.22. The number of anilines is 1. The van der Waals surface area contributed by atoms with Crippen LogP contribution in [0.1, 0.15) is 11.1 Å². The maximum Gasteiger partial charge on any atom is 0.271 e. The lowest BCUT2D eigenvalue weighted by Gasteiger charge is -2.10. The van der Waals surface area contributed by atoms with Gasteiger partial charge in [0.05, 0.1) is 22.1 Å². The van der Waals surface area contributed by atoms with Crippen molar-refractivity contribution in [2.75, 3.05) is 11.1 Å². The number of rotatable bonds is 6. The van der Waals surface area contributed by atoms with E-state index in [2.05, 4.69) is 15.5 Å². The highest BCUT2D eigenvalue weighted by molar-refractivity contribution is 7.99. The van der Waals surface area contributed by atoms with Crippen LogP contribution in [0.2, 0.25) is 0 Å². The predicted octanol–water partition coefficient (Wildman–Crippen LogP) is 3.52. The molecule has 8 nitrogen and oxygen atoms in total. The van der Waals surface area contributed by atoms with E-state index in [4.69, 9.17) is 0 Å². The van der Waals surface area contributed by atoms with Crippen molar-refractivity contribution >= 4 is 29.0 Å². The fourth-order valence-electron chi connectivity index (χ4n) is 2.50. The van der Waals surface area contributed by atoms with E-state index in [-0.39, 0.29) is 17.3 Å². The Morgan fingerprint density at radius 3 is 2.74 bits per heavy atom. The van der Waals surface area contributed by atoms with Gasteiger partial charge in [-0.15, -0.1) is 10.2 Å². The Morgan fingerprint density at radius 2 is 2.00 bits per heavy atom. The normalized spacial score (nSPS) is 10.6. The zero-order valence-electron chi connectivity index (χ0n) is 14.7. The number of carbonyl (C=O) groups excluding carboxylic acids is 1. The molecule has 9 heteroatoms. The van der Waals surface area contributed by atoms with Gasteiger partial charge < -0.3 is 5.32 Å². The summed E-state index contributed by atoms with van der Waals surface area (Å²) >= 11 is 1.24. The molecule has 0 aliphatic rings. The number of non-ortho nitro benzene ring substituents is 1. The average molecular weight is 383 g/mol. The number of hydrogen-bond donors (Lipinski definition) is 1. The summed E-state index contributed by atoms with van der Waals surface area (Å²) in [5.74, 6) is -0.171. The van der Waals surface area contributed by atoms with Crippen molar-refractivity contribution in [3.63, 3.8) is 0 Å². The first-order valence-electron chi connectivity index (χ1n) is 8.09. The van der Waals surface area contributed by atoms with Gasteiger partial charge in [-0.05, 0) is 31.0 Å². The monoisotopic (exact) mass is 383 g/mol. The molecule has 1 N–H and O–H groups in total. The number of aromatic nitrogens is 3. The lowest BCUT2D eigenvalue weighted by molar-refractivity contribution is -0.384. The second kappa shape index (κ2) is 8.00. The number of thioether (sulfide) groups is 1. The third kappa shape index (κ3) is 4.32. The Hall–Kier alpha value is -3.20. The summed E-state index contributed by atoms with van der Waals surface area (Å²) in [5.41, 5.74) is 3.12.